The normalized spacial score (nSPS) is 12.0. The third-order valence-corrected chi connectivity index (χ3v) is 9.09. The van der Waals surface area contributed by atoms with Crippen molar-refractivity contribution in [1.82, 2.24) is 4.90 Å². The molecular weight excluding hydrogens is 556 g/mol. The number of quaternary nitrogens is 1. The summed E-state index contributed by atoms with van der Waals surface area (Å²) in [7, 11) is 6.10. The van der Waals surface area contributed by atoms with E-state index in [4.69, 9.17) is 0 Å². The number of aliphatic hydroxyl groups excluding tert-OH is 2. The maximum Gasteiger partial charge on any atom is 0.278 e. The average molecular weight is 633 g/mol. The minimum atomic E-state index is -0.550. The summed E-state index contributed by atoms with van der Waals surface area (Å²) in [6.45, 7) is 5.19. The third-order valence-electron chi connectivity index (χ3n) is 9.09. The molecule has 260 valence electrons. The van der Waals surface area contributed by atoms with Gasteiger partial charge in [-0.25, -0.2) is 0 Å². The van der Waals surface area contributed by atoms with E-state index >= 15 is 0 Å². The van der Waals surface area contributed by atoms with Crippen molar-refractivity contribution in [3.63, 3.8) is 0 Å². The number of amides is 1. The highest BCUT2D eigenvalue weighted by molar-refractivity contribution is 5.78. The molecule has 0 fully saturated rings. The molecule has 0 saturated carbocycles. The van der Waals surface area contributed by atoms with Crippen molar-refractivity contribution in [1.29, 1.82) is 0 Å². The molecule has 6 heteroatoms. The van der Waals surface area contributed by atoms with Gasteiger partial charge in [0, 0.05) is 6.54 Å². The van der Waals surface area contributed by atoms with Gasteiger partial charge in [-0.1, -0.05) is 168 Å². The Morgan fingerprint density at radius 2 is 0.860 bits per heavy atom. The van der Waals surface area contributed by atoms with Crippen molar-refractivity contribution >= 4 is 5.91 Å². The fourth-order valence-corrected chi connectivity index (χ4v) is 6.45. The SMILES string of the molecule is CCCCCCCCCCCCCCC(CO)(CCCCCCCCCCCCCC)N(CCO)C(=O)C[N+](C)(C)C.[Cl-]. The molecule has 0 atom stereocenters. The van der Waals surface area contributed by atoms with Gasteiger partial charge in [0.25, 0.3) is 5.91 Å². The topological polar surface area (TPSA) is 60.8 Å². The molecule has 0 saturated heterocycles. The number of carbonyl (C=O) groups excluding carboxylic acids is 1. The van der Waals surface area contributed by atoms with Crippen LogP contribution in [0, 0.1) is 0 Å². The molecule has 0 aromatic carbocycles. The lowest BCUT2D eigenvalue weighted by molar-refractivity contribution is -0.862. The van der Waals surface area contributed by atoms with Crippen LogP contribution in [0.1, 0.15) is 181 Å². The highest BCUT2D eigenvalue weighted by Gasteiger charge is 2.39. The van der Waals surface area contributed by atoms with Gasteiger partial charge in [0.1, 0.15) is 0 Å². The van der Waals surface area contributed by atoms with Gasteiger partial charge in [0.2, 0.25) is 0 Å². The van der Waals surface area contributed by atoms with E-state index in [1.54, 1.807) is 0 Å². The van der Waals surface area contributed by atoms with Crippen LogP contribution in [0.15, 0.2) is 0 Å². The number of halogens is 1. The number of nitrogens with zero attached hydrogens (tertiary/aromatic N) is 2. The molecule has 0 bridgehead atoms. The van der Waals surface area contributed by atoms with E-state index in [0.717, 1.165) is 38.5 Å². The second-order valence-electron chi connectivity index (χ2n) is 14.4. The van der Waals surface area contributed by atoms with Gasteiger partial charge in [-0.15, -0.1) is 0 Å². The van der Waals surface area contributed by atoms with Gasteiger partial charge in [-0.2, -0.15) is 0 Å². The first-order valence-electron chi connectivity index (χ1n) is 18.6. The number of carbonyl (C=O) groups is 1. The monoisotopic (exact) mass is 633 g/mol. The molecule has 0 aromatic rings. The highest BCUT2D eigenvalue weighted by Crippen LogP contribution is 2.30. The molecule has 0 radical (unpaired) electrons. The third kappa shape index (κ3) is 25.5. The van der Waals surface area contributed by atoms with Crippen LogP contribution in [0.4, 0.5) is 0 Å². The molecule has 5 nitrogen and oxygen atoms in total. The summed E-state index contributed by atoms with van der Waals surface area (Å²) in [6, 6.07) is 0. The van der Waals surface area contributed by atoms with E-state index in [1.807, 2.05) is 26.0 Å². The van der Waals surface area contributed by atoms with Gasteiger partial charge in [-0.05, 0) is 12.8 Å². The maximum absolute atomic E-state index is 13.5. The van der Waals surface area contributed by atoms with Crippen LogP contribution < -0.4 is 12.4 Å². The Balaban J connectivity index is 0. The lowest BCUT2D eigenvalue weighted by Crippen LogP contribution is -3.00. The smallest absolute Gasteiger partial charge is 0.278 e. The fraction of sp³-hybridized carbons (Fsp3) is 0.973. The van der Waals surface area contributed by atoms with Crippen LogP contribution >= 0.6 is 0 Å². The van der Waals surface area contributed by atoms with E-state index in [1.165, 1.54) is 128 Å². The molecule has 0 aliphatic heterocycles. The minimum Gasteiger partial charge on any atom is -1.00 e. The standard InChI is InChI=1S/C37H77N2O3.ClH/c1-6-8-10-12-14-16-18-20-22-24-26-28-30-37(35-41,38(32-33-40)36(42)34-39(3,4)5)31-29-27-25-23-21-19-17-15-13-11-9-7-2;/h40-41H,6-35H2,1-5H3;1H/q+1;/p-1. The van der Waals surface area contributed by atoms with Gasteiger partial charge in [-0.3, -0.25) is 4.79 Å². The molecule has 43 heavy (non-hydrogen) atoms. The largest absolute Gasteiger partial charge is 1.00 e. The second-order valence-corrected chi connectivity index (χ2v) is 14.4. The van der Waals surface area contributed by atoms with Crippen LogP contribution in [0.2, 0.25) is 0 Å². The number of hydrogen-bond acceptors (Lipinski definition) is 3. The molecule has 0 aromatic heterocycles. The zero-order chi connectivity index (χ0) is 31.4. The molecule has 0 rings (SSSR count). The molecular formula is C37H77ClN2O3. The summed E-state index contributed by atoms with van der Waals surface area (Å²) in [4.78, 5) is 15.3. The molecule has 0 heterocycles. The molecule has 1 amide bonds. The van der Waals surface area contributed by atoms with Gasteiger partial charge >= 0.3 is 0 Å². The van der Waals surface area contributed by atoms with Crippen molar-refractivity contribution < 1.29 is 31.9 Å². The van der Waals surface area contributed by atoms with Crippen molar-refractivity contribution in [2.24, 2.45) is 0 Å². The first-order valence-corrected chi connectivity index (χ1v) is 18.6. The zero-order valence-corrected chi connectivity index (χ0v) is 30.5. The second kappa shape index (κ2) is 30.3. The van der Waals surface area contributed by atoms with Gasteiger partial charge < -0.3 is 32.0 Å². The van der Waals surface area contributed by atoms with Crippen LogP contribution in [-0.4, -0.2) is 78.5 Å². The molecule has 2 N–H and O–H groups in total. The number of β-amino-alcohol motifs (C(OH)–C–C–N with tert-alkyl or cyclic N) is 1. The van der Waals surface area contributed by atoms with E-state index in [2.05, 4.69) is 13.8 Å². The van der Waals surface area contributed by atoms with E-state index in [-0.39, 0.29) is 31.5 Å². The Bertz CT molecular complexity index is 569. The Kier molecular flexibility index (Phi) is 31.5. The number of unbranched alkanes of at least 4 members (excludes halogenated alkanes) is 22. The number of likely N-dealkylation sites (N-methyl/N-ethyl adjacent to an activating group) is 1. The molecule has 0 spiro atoms. The van der Waals surface area contributed by atoms with Crippen LogP contribution in [0.3, 0.4) is 0 Å². The van der Waals surface area contributed by atoms with Crippen molar-refractivity contribution in [2.45, 2.75) is 186 Å². The quantitative estimate of drug-likeness (QED) is 0.0664. The summed E-state index contributed by atoms with van der Waals surface area (Å²) < 4.78 is 0.555. The lowest BCUT2D eigenvalue weighted by atomic mass is 9.84. The summed E-state index contributed by atoms with van der Waals surface area (Å²) in [6.07, 6.45) is 33.0. The first kappa shape index (κ1) is 44.8. The lowest BCUT2D eigenvalue weighted by Gasteiger charge is -2.44. The number of rotatable bonds is 32. The Labute approximate surface area is 276 Å². The Morgan fingerprint density at radius 1 is 0.558 bits per heavy atom. The predicted octanol–water partition coefficient (Wildman–Crippen LogP) is 6.43. The fourth-order valence-electron chi connectivity index (χ4n) is 6.45. The summed E-state index contributed by atoms with van der Waals surface area (Å²) in [5, 5.41) is 20.7. The van der Waals surface area contributed by atoms with Crippen molar-refractivity contribution in [3.05, 3.63) is 0 Å². The van der Waals surface area contributed by atoms with Gasteiger partial charge in [0.05, 0.1) is 39.9 Å². The van der Waals surface area contributed by atoms with Crippen molar-refractivity contribution in [3.8, 4) is 0 Å². The summed E-state index contributed by atoms with van der Waals surface area (Å²) in [5.74, 6) is 0.0588. The number of hydrogen-bond donors (Lipinski definition) is 2. The van der Waals surface area contributed by atoms with E-state index < -0.39 is 5.54 Å². The van der Waals surface area contributed by atoms with Gasteiger partial charge in [0.15, 0.2) is 6.54 Å². The molecule has 0 aliphatic carbocycles. The van der Waals surface area contributed by atoms with E-state index in [9.17, 15) is 15.0 Å². The Hall–Kier alpha value is -0.360. The maximum atomic E-state index is 13.5. The number of aliphatic hydroxyl groups is 2. The summed E-state index contributed by atoms with van der Waals surface area (Å²) >= 11 is 0. The molecule has 0 aliphatic rings. The average Bonchev–Trinajstić information content (AvgIpc) is 2.95. The van der Waals surface area contributed by atoms with Crippen LogP contribution in [-0.2, 0) is 4.79 Å². The minimum absolute atomic E-state index is 0. The van der Waals surface area contributed by atoms with Crippen LogP contribution in [0.25, 0.3) is 0 Å². The highest BCUT2D eigenvalue weighted by atomic mass is 35.5. The van der Waals surface area contributed by atoms with Crippen LogP contribution in [0.5, 0.6) is 0 Å². The Morgan fingerprint density at radius 3 is 1.12 bits per heavy atom. The first-order chi connectivity index (χ1) is 20.3. The predicted molar refractivity (Wildman–Crippen MR) is 183 cm³/mol. The molecule has 0 unspecified atom stereocenters. The zero-order valence-electron chi connectivity index (χ0n) is 29.8. The summed E-state index contributed by atoms with van der Waals surface area (Å²) in [5.41, 5.74) is -0.550. The van der Waals surface area contributed by atoms with Crippen molar-refractivity contribution in [2.75, 3.05) is 47.4 Å². The van der Waals surface area contributed by atoms with E-state index in [0.29, 0.717) is 17.6 Å².